The van der Waals surface area contributed by atoms with Crippen molar-refractivity contribution in [2.24, 2.45) is 0 Å². The fourth-order valence-electron chi connectivity index (χ4n) is 3.65. The molecule has 0 saturated carbocycles. The van der Waals surface area contributed by atoms with Gasteiger partial charge in [-0.3, -0.25) is 4.79 Å². The van der Waals surface area contributed by atoms with Gasteiger partial charge in [0.25, 0.3) is 0 Å². The molecule has 0 saturated heterocycles. The van der Waals surface area contributed by atoms with Gasteiger partial charge in [-0.1, -0.05) is 24.3 Å². The zero-order chi connectivity index (χ0) is 19.9. The Morgan fingerprint density at radius 2 is 2.07 bits per heavy atom. The van der Waals surface area contributed by atoms with Gasteiger partial charge in [0.1, 0.15) is 18.2 Å². The lowest BCUT2D eigenvalue weighted by Crippen LogP contribution is -2.29. The summed E-state index contributed by atoms with van der Waals surface area (Å²) in [6, 6.07) is 11.2. The van der Waals surface area contributed by atoms with Crippen molar-refractivity contribution < 1.29 is 18.7 Å². The van der Waals surface area contributed by atoms with Gasteiger partial charge in [-0.2, -0.15) is 0 Å². The highest BCUT2D eigenvalue weighted by Gasteiger charge is 2.20. The van der Waals surface area contributed by atoms with Crippen LogP contribution in [0.2, 0.25) is 0 Å². The summed E-state index contributed by atoms with van der Waals surface area (Å²) in [5.41, 5.74) is 3.77. The van der Waals surface area contributed by atoms with Gasteiger partial charge in [-0.25, -0.2) is 4.39 Å². The maximum atomic E-state index is 14.4. The SMILES string of the molecule is CCOC(=O)CCc1ccc(COc2cccc3c2N(CC)CCC3)cc1F. The number of carbonyl (C=O) groups is 1. The number of nitrogens with zero attached hydrogens (tertiary/aromatic N) is 1. The summed E-state index contributed by atoms with van der Waals surface area (Å²) in [5, 5.41) is 0. The van der Waals surface area contributed by atoms with Crippen molar-refractivity contribution in [3.8, 4) is 5.75 Å². The Labute approximate surface area is 166 Å². The number of para-hydroxylation sites is 1. The molecular weight excluding hydrogens is 357 g/mol. The fourth-order valence-corrected chi connectivity index (χ4v) is 3.65. The Morgan fingerprint density at radius 3 is 2.82 bits per heavy atom. The van der Waals surface area contributed by atoms with E-state index in [1.165, 1.54) is 17.3 Å². The Hall–Kier alpha value is -2.56. The van der Waals surface area contributed by atoms with Gasteiger partial charge < -0.3 is 14.4 Å². The van der Waals surface area contributed by atoms with Crippen LogP contribution in [0.5, 0.6) is 5.75 Å². The van der Waals surface area contributed by atoms with E-state index in [1.54, 1.807) is 13.0 Å². The van der Waals surface area contributed by atoms with Crippen molar-refractivity contribution in [1.29, 1.82) is 0 Å². The third kappa shape index (κ3) is 4.83. The number of hydrogen-bond donors (Lipinski definition) is 0. The van der Waals surface area contributed by atoms with E-state index in [0.29, 0.717) is 25.2 Å². The summed E-state index contributed by atoms with van der Waals surface area (Å²) < 4.78 is 25.3. The highest BCUT2D eigenvalue weighted by Crippen LogP contribution is 2.36. The average Bonchev–Trinajstić information content (AvgIpc) is 2.71. The molecule has 0 aliphatic carbocycles. The Bertz CT molecular complexity index is 821. The highest BCUT2D eigenvalue weighted by molar-refractivity contribution is 5.69. The van der Waals surface area contributed by atoms with Gasteiger partial charge in [0.2, 0.25) is 0 Å². The zero-order valence-corrected chi connectivity index (χ0v) is 16.7. The molecule has 0 spiro atoms. The van der Waals surface area contributed by atoms with Crippen molar-refractivity contribution in [1.82, 2.24) is 0 Å². The molecule has 0 unspecified atom stereocenters. The van der Waals surface area contributed by atoms with E-state index in [2.05, 4.69) is 17.9 Å². The lowest BCUT2D eigenvalue weighted by molar-refractivity contribution is -0.143. The predicted octanol–water partition coefficient (Wildman–Crippen LogP) is 4.67. The van der Waals surface area contributed by atoms with Gasteiger partial charge in [0.15, 0.2) is 0 Å². The lowest BCUT2D eigenvalue weighted by Gasteiger charge is -2.32. The number of hydrogen-bond acceptors (Lipinski definition) is 4. The molecule has 1 aliphatic heterocycles. The zero-order valence-electron chi connectivity index (χ0n) is 16.7. The number of carbonyl (C=O) groups excluding carboxylic acids is 1. The molecule has 150 valence electrons. The first kappa shape index (κ1) is 20.2. The van der Waals surface area contributed by atoms with E-state index in [1.807, 2.05) is 18.2 Å². The van der Waals surface area contributed by atoms with Crippen molar-refractivity contribution in [2.45, 2.75) is 46.1 Å². The lowest BCUT2D eigenvalue weighted by atomic mass is 10.0. The molecule has 0 aromatic heterocycles. The second kappa shape index (κ2) is 9.58. The molecule has 1 heterocycles. The first-order chi connectivity index (χ1) is 13.6. The van der Waals surface area contributed by atoms with E-state index in [0.717, 1.165) is 37.2 Å². The number of ether oxygens (including phenoxy) is 2. The van der Waals surface area contributed by atoms with Gasteiger partial charge >= 0.3 is 5.97 Å². The van der Waals surface area contributed by atoms with Crippen LogP contribution in [0.1, 0.15) is 43.4 Å². The van der Waals surface area contributed by atoms with Crippen molar-refractivity contribution in [2.75, 3.05) is 24.6 Å². The number of anilines is 1. The summed E-state index contributed by atoms with van der Waals surface area (Å²) in [6.45, 7) is 6.54. The maximum Gasteiger partial charge on any atom is 0.306 e. The quantitative estimate of drug-likeness (QED) is 0.619. The molecule has 0 N–H and O–H groups in total. The number of rotatable bonds is 8. The number of fused-ring (bicyclic) bond motifs is 1. The molecule has 0 amide bonds. The molecule has 0 bridgehead atoms. The topological polar surface area (TPSA) is 38.8 Å². The van der Waals surface area contributed by atoms with Crippen LogP contribution in [0.25, 0.3) is 0 Å². The van der Waals surface area contributed by atoms with Gasteiger partial charge in [-0.05, 0) is 61.9 Å². The molecule has 3 rings (SSSR count). The highest BCUT2D eigenvalue weighted by atomic mass is 19.1. The molecule has 0 radical (unpaired) electrons. The van der Waals surface area contributed by atoms with Crippen molar-refractivity contribution in [3.05, 3.63) is 58.9 Å². The summed E-state index contributed by atoms with van der Waals surface area (Å²) in [4.78, 5) is 13.8. The minimum absolute atomic E-state index is 0.184. The fraction of sp³-hybridized carbons (Fsp3) is 0.435. The van der Waals surface area contributed by atoms with E-state index in [-0.39, 0.29) is 18.2 Å². The predicted molar refractivity (Wildman–Crippen MR) is 108 cm³/mol. The molecule has 4 nitrogen and oxygen atoms in total. The summed E-state index contributed by atoms with van der Waals surface area (Å²) in [6.07, 6.45) is 2.74. The minimum Gasteiger partial charge on any atom is -0.487 e. The number of halogens is 1. The molecule has 28 heavy (non-hydrogen) atoms. The molecule has 1 aliphatic rings. The maximum absolute atomic E-state index is 14.4. The molecule has 2 aromatic rings. The average molecular weight is 385 g/mol. The Balaban J connectivity index is 1.66. The molecule has 0 atom stereocenters. The van der Waals surface area contributed by atoms with E-state index < -0.39 is 0 Å². The van der Waals surface area contributed by atoms with Gasteiger partial charge in [0.05, 0.1) is 12.3 Å². The number of esters is 1. The monoisotopic (exact) mass is 385 g/mol. The molecule has 2 aromatic carbocycles. The largest absolute Gasteiger partial charge is 0.487 e. The molecular formula is C23H28FNO3. The van der Waals surface area contributed by atoms with E-state index >= 15 is 0 Å². The number of aryl methyl sites for hydroxylation is 2. The van der Waals surface area contributed by atoms with Crippen molar-refractivity contribution in [3.63, 3.8) is 0 Å². The smallest absolute Gasteiger partial charge is 0.306 e. The summed E-state index contributed by atoms with van der Waals surface area (Å²) in [7, 11) is 0. The van der Waals surface area contributed by atoms with Crippen LogP contribution in [-0.4, -0.2) is 25.7 Å². The third-order valence-electron chi connectivity index (χ3n) is 5.07. The van der Waals surface area contributed by atoms with Gasteiger partial charge in [0, 0.05) is 19.5 Å². The van der Waals surface area contributed by atoms with E-state index in [9.17, 15) is 9.18 Å². The van der Waals surface area contributed by atoms with Crippen LogP contribution in [0, 0.1) is 5.82 Å². The van der Waals surface area contributed by atoms with Crippen LogP contribution < -0.4 is 9.64 Å². The Morgan fingerprint density at radius 1 is 1.21 bits per heavy atom. The first-order valence-corrected chi connectivity index (χ1v) is 10.0. The van der Waals surface area contributed by atoms with Crippen LogP contribution in [0.4, 0.5) is 10.1 Å². The summed E-state index contributed by atoms with van der Waals surface area (Å²) >= 11 is 0. The van der Waals surface area contributed by atoms with Crippen LogP contribution >= 0.6 is 0 Å². The number of benzene rings is 2. The third-order valence-corrected chi connectivity index (χ3v) is 5.07. The molecule has 5 heteroatoms. The second-order valence-electron chi connectivity index (χ2n) is 6.97. The standard InChI is InChI=1S/C23H28FNO3/c1-3-25-14-6-8-19-7-5-9-21(23(19)25)28-16-17-10-11-18(20(24)15-17)12-13-22(26)27-4-2/h5,7,9-11,15H,3-4,6,8,12-14,16H2,1-2H3. The van der Waals surface area contributed by atoms with Crippen molar-refractivity contribution >= 4 is 11.7 Å². The normalized spacial score (nSPS) is 13.2. The first-order valence-electron chi connectivity index (χ1n) is 10.0. The summed E-state index contributed by atoms with van der Waals surface area (Å²) in [5.74, 6) is 0.241. The van der Waals surface area contributed by atoms with Crippen LogP contribution in [0.3, 0.4) is 0 Å². The molecule has 0 fully saturated rings. The van der Waals surface area contributed by atoms with E-state index in [4.69, 9.17) is 9.47 Å². The minimum atomic E-state index is -0.310. The Kier molecular flexibility index (Phi) is 6.90. The van der Waals surface area contributed by atoms with Crippen LogP contribution in [-0.2, 0) is 29.0 Å². The second-order valence-corrected chi connectivity index (χ2v) is 6.97. The van der Waals surface area contributed by atoms with Gasteiger partial charge in [-0.15, -0.1) is 0 Å². The van der Waals surface area contributed by atoms with Crippen LogP contribution in [0.15, 0.2) is 36.4 Å².